The SMILES string of the molecule is C=CCN(CCO)c1cccc(SCC)c1C(=O)O. The summed E-state index contributed by atoms with van der Waals surface area (Å²) < 4.78 is 0. The largest absolute Gasteiger partial charge is 0.478 e. The molecule has 104 valence electrons. The summed E-state index contributed by atoms with van der Waals surface area (Å²) in [4.78, 5) is 14.1. The minimum atomic E-state index is -0.946. The number of hydrogen-bond acceptors (Lipinski definition) is 4. The normalized spacial score (nSPS) is 10.2. The standard InChI is InChI=1S/C14H19NO3S/c1-3-8-15(9-10-16)11-6-5-7-12(19-4-2)13(11)14(17)18/h3,5-7,16H,1,4,8-10H2,2H3,(H,17,18). The van der Waals surface area contributed by atoms with E-state index in [-0.39, 0.29) is 6.61 Å². The van der Waals surface area contributed by atoms with Gasteiger partial charge in [0.15, 0.2) is 0 Å². The summed E-state index contributed by atoms with van der Waals surface area (Å²) in [7, 11) is 0. The Kier molecular flexibility index (Phi) is 6.45. The zero-order valence-corrected chi connectivity index (χ0v) is 11.8. The molecule has 0 unspecified atom stereocenters. The number of benzene rings is 1. The second-order valence-corrected chi connectivity index (χ2v) is 5.15. The fraction of sp³-hybridized carbons (Fsp3) is 0.357. The lowest BCUT2D eigenvalue weighted by molar-refractivity contribution is 0.0693. The molecule has 0 aliphatic rings. The highest BCUT2D eigenvalue weighted by Crippen LogP contribution is 2.30. The molecule has 0 atom stereocenters. The molecule has 19 heavy (non-hydrogen) atoms. The summed E-state index contributed by atoms with van der Waals surface area (Å²) in [6, 6.07) is 5.42. The minimum Gasteiger partial charge on any atom is -0.478 e. The van der Waals surface area contributed by atoms with Gasteiger partial charge < -0.3 is 15.1 Å². The average Bonchev–Trinajstić information content (AvgIpc) is 2.38. The predicted molar refractivity (Wildman–Crippen MR) is 79.3 cm³/mol. The van der Waals surface area contributed by atoms with Gasteiger partial charge in [-0.15, -0.1) is 18.3 Å². The number of carboxylic acids is 1. The number of nitrogens with zero attached hydrogens (tertiary/aromatic N) is 1. The van der Waals surface area contributed by atoms with E-state index in [0.717, 1.165) is 10.6 Å². The van der Waals surface area contributed by atoms with Crippen molar-refractivity contribution in [3.05, 3.63) is 36.4 Å². The monoisotopic (exact) mass is 281 g/mol. The number of aromatic carboxylic acids is 1. The molecule has 2 N–H and O–H groups in total. The van der Waals surface area contributed by atoms with E-state index < -0.39 is 5.97 Å². The van der Waals surface area contributed by atoms with Crippen LogP contribution in [0.3, 0.4) is 0 Å². The van der Waals surface area contributed by atoms with Crippen molar-refractivity contribution >= 4 is 23.4 Å². The van der Waals surface area contributed by atoms with Crippen LogP contribution in [0.2, 0.25) is 0 Å². The van der Waals surface area contributed by atoms with Gasteiger partial charge in [-0.25, -0.2) is 4.79 Å². The Morgan fingerprint density at radius 2 is 2.26 bits per heavy atom. The van der Waals surface area contributed by atoms with E-state index in [1.165, 1.54) is 11.8 Å². The van der Waals surface area contributed by atoms with Crippen molar-refractivity contribution < 1.29 is 15.0 Å². The number of hydrogen-bond donors (Lipinski definition) is 2. The summed E-state index contributed by atoms with van der Waals surface area (Å²) in [6.45, 7) is 6.50. The molecule has 0 aromatic heterocycles. The first-order chi connectivity index (χ1) is 9.15. The molecule has 0 amide bonds. The maximum absolute atomic E-state index is 11.5. The fourth-order valence-electron chi connectivity index (χ4n) is 1.86. The molecule has 0 saturated heterocycles. The number of rotatable bonds is 8. The Hall–Kier alpha value is -1.46. The van der Waals surface area contributed by atoms with Crippen LogP contribution < -0.4 is 4.90 Å². The highest BCUT2D eigenvalue weighted by atomic mass is 32.2. The van der Waals surface area contributed by atoms with Crippen molar-refractivity contribution in [2.24, 2.45) is 0 Å². The molecule has 0 heterocycles. The summed E-state index contributed by atoms with van der Waals surface area (Å²) in [5.74, 6) is -0.135. The quantitative estimate of drug-likeness (QED) is 0.566. The van der Waals surface area contributed by atoms with E-state index in [1.807, 2.05) is 24.0 Å². The Morgan fingerprint density at radius 1 is 1.53 bits per heavy atom. The molecule has 4 nitrogen and oxygen atoms in total. The van der Waals surface area contributed by atoms with E-state index in [1.54, 1.807) is 12.1 Å². The van der Waals surface area contributed by atoms with E-state index in [4.69, 9.17) is 5.11 Å². The Labute approximate surface area is 117 Å². The Morgan fingerprint density at radius 3 is 2.79 bits per heavy atom. The Balaban J connectivity index is 3.26. The van der Waals surface area contributed by atoms with Gasteiger partial charge in [0.05, 0.1) is 17.9 Å². The molecule has 0 saturated carbocycles. The third-order valence-corrected chi connectivity index (χ3v) is 3.52. The van der Waals surface area contributed by atoms with Crippen LogP contribution in [-0.4, -0.2) is 41.6 Å². The van der Waals surface area contributed by atoms with Crippen LogP contribution in [0.1, 0.15) is 17.3 Å². The lowest BCUT2D eigenvalue weighted by Gasteiger charge is -2.25. The second kappa shape index (κ2) is 7.86. The van der Waals surface area contributed by atoms with Gasteiger partial charge in [-0.1, -0.05) is 19.1 Å². The zero-order valence-electron chi connectivity index (χ0n) is 11.0. The predicted octanol–water partition coefficient (Wildman–Crippen LogP) is 2.48. The third-order valence-electron chi connectivity index (χ3n) is 2.58. The number of carbonyl (C=O) groups is 1. The van der Waals surface area contributed by atoms with Crippen LogP contribution in [0.25, 0.3) is 0 Å². The van der Waals surface area contributed by atoms with Crippen molar-refractivity contribution in [2.45, 2.75) is 11.8 Å². The maximum atomic E-state index is 11.5. The van der Waals surface area contributed by atoms with Gasteiger partial charge in [-0.3, -0.25) is 0 Å². The van der Waals surface area contributed by atoms with Crippen molar-refractivity contribution in [1.29, 1.82) is 0 Å². The van der Waals surface area contributed by atoms with Gasteiger partial charge in [0.25, 0.3) is 0 Å². The van der Waals surface area contributed by atoms with E-state index >= 15 is 0 Å². The van der Waals surface area contributed by atoms with Gasteiger partial charge in [-0.05, 0) is 17.9 Å². The summed E-state index contributed by atoms with van der Waals surface area (Å²) in [6.07, 6.45) is 1.70. The molecule has 1 aromatic carbocycles. The fourth-order valence-corrected chi connectivity index (χ4v) is 2.68. The molecular formula is C14H19NO3S. The molecule has 1 aromatic rings. The van der Waals surface area contributed by atoms with Crippen molar-refractivity contribution in [3.8, 4) is 0 Å². The van der Waals surface area contributed by atoms with Crippen LogP contribution in [-0.2, 0) is 0 Å². The molecule has 0 spiro atoms. The van der Waals surface area contributed by atoms with Crippen LogP contribution in [0.4, 0.5) is 5.69 Å². The van der Waals surface area contributed by atoms with E-state index in [0.29, 0.717) is 24.3 Å². The topological polar surface area (TPSA) is 60.8 Å². The zero-order chi connectivity index (χ0) is 14.3. The molecule has 1 rings (SSSR count). The number of thioether (sulfide) groups is 1. The van der Waals surface area contributed by atoms with Gasteiger partial charge in [0.2, 0.25) is 0 Å². The summed E-state index contributed by atoms with van der Waals surface area (Å²) in [5, 5.41) is 18.5. The second-order valence-electron chi connectivity index (χ2n) is 3.85. The number of aliphatic hydroxyl groups is 1. The molecule has 0 bridgehead atoms. The molecular weight excluding hydrogens is 262 g/mol. The highest BCUT2D eigenvalue weighted by molar-refractivity contribution is 7.99. The molecule has 0 fully saturated rings. The molecule has 5 heteroatoms. The van der Waals surface area contributed by atoms with Crippen LogP contribution in [0.5, 0.6) is 0 Å². The summed E-state index contributed by atoms with van der Waals surface area (Å²) in [5.41, 5.74) is 0.921. The molecule has 0 aliphatic carbocycles. The highest BCUT2D eigenvalue weighted by Gasteiger charge is 2.19. The van der Waals surface area contributed by atoms with Crippen molar-refractivity contribution in [2.75, 3.05) is 30.3 Å². The van der Waals surface area contributed by atoms with Gasteiger partial charge in [-0.2, -0.15) is 0 Å². The number of carboxylic acid groups (broad SMARTS) is 1. The summed E-state index contributed by atoms with van der Waals surface area (Å²) >= 11 is 1.50. The van der Waals surface area contributed by atoms with Crippen molar-refractivity contribution in [1.82, 2.24) is 0 Å². The first kappa shape index (κ1) is 15.6. The first-order valence-corrected chi connectivity index (χ1v) is 7.10. The Bertz CT molecular complexity index is 448. The van der Waals surface area contributed by atoms with E-state index in [9.17, 15) is 9.90 Å². The van der Waals surface area contributed by atoms with Crippen molar-refractivity contribution in [3.63, 3.8) is 0 Å². The molecule has 0 aliphatic heterocycles. The lowest BCUT2D eigenvalue weighted by atomic mass is 10.1. The van der Waals surface area contributed by atoms with E-state index in [2.05, 4.69) is 6.58 Å². The first-order valence-electron chi connectivity index (χ1n) is 6.11. The average molecular weight is 281 g/mol. The maximum Gasteiger partial charge on any atom is 0.338 e. The molecule has 0 radical (unpaired) electrons. The minimum absolute atomic E-state index is 0.0297. The lowest BCUT2D eigenvalue weighted by Crippen LogP contribution is -2.28. The van der Waals surface area contributed by atoms with Crippen LogP contribution in [0, 0.1) is 0 Å². The number of aliphatic hydroxyl groups excluding tert-OH is 1. The van der Waals surface area contributed by atoms with Crippen LogP contribution in [0.15, 0.2) is 35.7 Å². The number of anilines is 1. The van der Waals surface area contributed by atoms with Gasteiger partial charge >= 0.3 is 5.97 Å². The van der Waals surface area contributed by atoms with Crippen LogP contribution >= 0.6 is 11.8 Å². The third kappa shape index (κ3) is 4.01. The smallest absolute Gasteiger partial charge is 0.338 e. The van der Waals surface area contributed by atoms with Gasteiger partial charge in [0.1, 0.15) is 0 Å². The van der Waals surface area contributed by atoms with Gasteiger partial charge in [0, 0.05) is 18.0 Å².